The maximum atomic E-state index is 10.3. The van der Waals surface area contributed by atoms with Crippen molar-refractivity contribution < 1.29 is 17.9 Å². The molecule has 65 valence electrons. The van der Waals surface area contributed by atoms with Gasteiger partial charge in [0.25, 0.3) is 0 Å². The van der Waals surface area contributed by atoms with Gasteiger partial charge in [-0.25, -0.2) is 4.79 Å². The molecule has 1 aromatic carbocycles. The van der Waals surface area contributed by atoms with Gasteiger partial charge in [-0.15, -0.1) is 0 Å². The minimum Gasteiger partial charge on any atom is -1.00 e. The van der Waals surface area contributed by atoms with Crippen molar-refractivity contribution >= 4 is 66.8 Å². The number of anilines is 1. The van der Waals surface area contributed by atoms with Crippen molar-refractivity contribution in [3.8, 4) is 5.75 Å². The van der Waals surface area contributed by atoms with Gasteiger partial charge < -0.3 is 18.8 Å². The van der Waals surface area contributed by atoms with Crippen molar-refractivity contribution in [2.75, 3.05) is 5.73 Å². The number of hydrogen-bond acceptors (Lipinski definition) is 3. The molecular weight excluding hydrogens is 213 g/mol. The Morgan fingerprint density at radius 3 is 2.38 bits per heavy atom. The van der Waals surface area contributed by atoms with Crippen molar-refractivity contribution in [1.82, 2.24) is 0 Å². The summed E-state index contributed by atoms with van der Waals surface area (Å²) in [5.41, 5.74) is 5.48. The molecular formula is C7H9AlCaNO3. The molecule has 1 aromatic rings. The normalized spacial score (nSPS) is 8.00. The summed E-state index contributed by atoms with van der Waals surface area (Å²) < 4.78 is 0. The molecule has 3 radical (unpaired) electrons. The quantitative estimate of drug-likeness (QED) is 0.466. The Morgan fingerprint density at radius 1 is 1.46 bits per heavy atom. The second kappa shape index (κ2) is 6.52. The average Bonchev–Trinajstić information content (AvgIpc) is 1.85. The first kappa shape index (κ1) is 15.5. The Morgan fingerprint density at radius 2 is 2.00 bits per heavy atom. The van der Waals surface area contributed by atoms with Gasteiger partial charge in [0.1, 0.15) is 11.3 Å². The van der Waals surface area contributed by atoms with Crippen LogP contribution in [-0.4, -0.2) is 71.3 Å². The van der Waals surface area contributed by atoms with Crippen molar-refractivity contribution in [2.24, 2.45) is 0 Å². The molecule has 0 unspecified atom stereocenters. The molecule has 4 nitrogen and oxygen atoms in total. The molecule has 0 heterocycles. The van der Waals surface area contributed by atoms with Crippen LogP contribution in [0.1, 0.15) is 13.2 Å². The number of aromatic hydroxyl groups is 1. The van der Waals surface area contributed by atoms with Gasteiger partial charge >= 0.3 is 43.7 Å². The van der Waals surface area contributed by atoms with Crippen LogP contribution < -0.4 is 5.73 Å². The van der Waals surface area contributed by atoms with E-state index in [9.17, 15) is 4.79 Å². The third kappa shape index (κ3) is 4.21. The van der Waals surface area contributed by atoms with Crippen LogP contribution in [-0.2, 0) is 0 Å². The number of carboxylic acids is 1. The van der Waals surface area contributed by atoms with E-state index in [0.717, 1.165) is 0 Å². The summed E-state index contributed by atoms with van der Waals surface area (Å²) in [6.07, 6.45) is 0. The first-order valence-electron chi connectivity index (χ1n) is 2.93. The van der Waals surface area contributed by atoms with Gasteiger partial charge in [-0.2, -0.15) is 0 Å². The summed E-state index contributed by atoms with van der Waals surface area (Å²) in [6.45, 7) is 0. The van der Waals surface area contributed by atoms with E-state index in [2.05, 4.69) is 0 Å². The van der Waals surface area contributed by atoms with Crippen LogP contribution in [0, 0.1) is 0 Å². The predicted molar refractivity (Wildman–Crippen MR) is 53.2 cm³/mol. The molecule has 0 aliphatic heterocycles. The number of nitrogens with two attached hydrogens (primary N) is 1. The average molecular weight is 222 g/mol. The molecule has 13 heavy (non-hydrogen) atoms. The molecule has 0 saturated heterocycles. The molecule has 0 bridgehead atoms. The number of hydrogen-bond donors (Lipinski definition) is 3. The van der Waals surface area contributed by atoms with Crippen LogP contribution in [0.15, 0.2) is 18.2 Å². The van der Waals surface area contributed by atoms with Gasteiger partial charge in [-0.1, -0.05) is 0 Å². The topological polar surface area (TPSA) is 83.6 Å². The van der Waals surface area contributed by atoms with E-state index < -0.39 is 5.97 Å². The fourth-order valence-electron chi connectivity index (χ4n) is 0.730. The third-order valence-corrected chi connectivity index (χ3v) is 1.25. The second-order valence-corrected chi connectivity index (χ2v) is 2.08. The van der Waals surface area contributed by atoms with Crippen LogP contribution in [0.4, 0.5) is 5.69 Å². The summed E-state index contributed by atoms with van der Waals surface area (Å²) in [4.78, 5) is 10.3. The largest absolute Gasteiger partial charge is 2.00 e. The molecule has 0 spiro atoms. The van der Waals surface area contributed by atoms with Gasteiger partial charge in [-0.3, -0.25) is 0 Å². The van der Waals surface area contributed by atoms with E-state index in [-0.39, 0.29) is 69.3 Å². The Balaban J connectivity index is -0.000000151. The first-order valence-corrected chi connectivity index (χ1v) is 2.93. The van der Waals surface area contributed by atoms with Crippen molar-refractivity contribution in [3.63, 3.8) is 0 Å². The van der Waals surface area contributed by atoms with Gasteiger partial charge in [-0.05, 0) is 12.1 Å². The smallest absolute Gasteiger partial charge is 1.00 e. The van der Waals surface area contributed by atoms with Gasteiger partial charge in [0.05, 0.1) is 0 Å². The van der Waals surface area contributed by atoms with E-state index in [1.807, 2.05) is 0 Å². The molecule has 0 atom stereocenters. The number of carboxylic acid groups (broad SMARTS) is 1. The number of rotatable bonds is 1. The van der Waals surface area contributed by atoms with Crippen LogP contribution in [0.2, 0.25) is 0 Å². The predicted octanol–water partition coefficient (Wildman–Crippen LogP) is 0.136. The number of aromatic carboxylic acids is 1. The van der Waals surface area contributed by atoms with E-state index in [0.29, 0.717) is 5.69 Å². The molecule has 0 amide bonds. The minimum absolute atomic E-state index is 0. The molecule has 6 heteroatoms. The SMILES string of the molecule is Nc1ccc(C(=O)O)c(O)c1.[Al].[Ca+2].[H-].[H-]. The number of nitrogen functional groups attached to an aromatic ring is 1. The Labute approximate surface area is 119 Å². The van der Waals surface area contributed by atoms with Gasteiger partial charge in [0.15, 0.2) is 0 Å². The van der Waals surface area contributed by atoms with Crippen molar-refractivity contribution in [1.29, 1.82) is 0 Å². The Hall–Kier alpha value is 0.0822. The van der Waals surface area contributed by atoms with Crippen molar-refractivity contribution in [3.05, 3.63) is 23.8 Å². The molecule has 0 fully saturated rings. The summed E-state index contributed by atoms with van der Waals surface area (Å²) in [6, 6.07) is 3.87. The summed E-state index contributed by atoms with van der Waals surface area (Å²) in [5.74, 6) is -1.47. The van der Waals surface area contributed by atoms with E-state index in [1.54, 1.807) is 0 Å². The van der Waals surface area contributed by atoms with Crippen LogP contribution >= 0.6 is 0 Å². The molecule has 0 aromatic heterocycles. The van der Waals surface area contributed by atoms with Crippen molar-refractivity contribution in [2.45, 2.75) is 0 Å². The second-order valence-electron chi connectivity index (χ2n) is 2.08. The Kier molecular flexibility index (Phi) is 7.80. The fourth-order valence-corrected chi connectivity index (χ4v) is 0.730. The Bertz CT molecular complexity index is 314. The van der Waals surface area contributed by atoms with Crippen LogP contribution in [0.3, 0.4) is 0 Å². The van der Waals surface area contributed by atoms with E-state index in [4.69, 9.17) is 15.9 Å². The summed E-state index contributed by atoms with van der Waals surface area (Å²) in [7, 11) is 0. The zero-order valence-electron chi connectivity index (χ0n) is 8.90. The monoisotopic (exact) mass is 222 g/mol. The number of phenols is 1. The van der Waals surface area contributed by atoms with Crippen LogP contribution in [0.5, 0.6) is 5.75 Å². The molecule has 1 rings (SSSR count). The number of benzene rings is 1. The minimum atomic E-state index is -1.16. The first-order chi connectivity index (χ1) is 5.11. The maximum Gasteiger partial charge on any atom is 2.00 e. The third-order valence-electron chi connectivity index (χ3n) is 1.25. The van der Waals surface area contributed by atoms with Crippen LogP contribution in [0.25, 0.3) is 0 Å². The zero-order valence-corrected chi connectivity index (χ0v) is 10.3. The maximum absolute atomic E-state index is 10.3. The van der Waals surface area contributed by atoms with Gasteiger partial charge in [0.2, 0.25) is 0 Å². The summed E-state index contributed by atoms with van der Waals surface area (Å²) >= 11 is 0. The summed E-state index contributed by atoms with van der Waals surface area (Å²) in [5, 5.41) is 17.5. The molecule has 0 aliphatic carbocycles. The number of carbonyl (C=O) groups is 1. The molecule has 0 saturated carbocycles. The van der Waals surface area contributed by atoms with Gasteiger partial charge in [0, 0.05) is 29.1 Å². The standard InChI is InChI=1S/C7H7NO3.Al.Ca.2H/c8-4-1-2-5(7(10)11)6(9)3-4;;;;/h1-3,9H,8H2,(H,10,11);;;;/q;;+2;2*-1. The molecule has 0 aliphatic rings. The fraction of sp³-hybridized carbons (Fsp3) is 0. The van der Waals surface area contributed by atoms with E-state index >= 15 is 0 Å². The molecule has 4 N–H and O–H groups in total. The van der Waals surface area contributed by atoms with E-state index in [1.165, 1.54) is 18.2 Å². The zero-order chi connectivity index (χ0) is 8.43.